The first-order valence-electron chi connectivity index (χ1n) is 8.07. The van der Waals surface area contributed by atoms with Gasteiger partial charge in [-0.2, -0.15) is 0 Å². The van der Waals surface area contributed by atoms with Crippen molar-refractivity contribution in [2.24, 2.45) is 0 Å². The highest BCUT2D eigenvalue weighted by Gasteiger charge is 2.41. The molecule has 3 nitrogen and oxygen atoms in total. The Morgan fingerprint density at radius 3 is 2.37 bits per heavy atom. The minimum Gasteiger partial charge on any atom is -0.380 e. The van der Waals surface area contributed by atoms with Gasteiger partial charge in [0.2, 0.25) is 0 Å². The monoisotopic (exact) mass is 270 g/mol. The molecule has 0 radical (unpaired) electrons. The van der Waals surface area contributed by atoms with E-state index in [2.05, 4.69) is 44.8 Å². The van der Waals surface area contributed by atoms with Crippen molar-refractivity contribution in [2.45, 2.75) is 71.4 Å². The molecule has 0 spiro atoms. The molecule has 0 bridgehead atoms. The molecule has 1 rings (SSSR count). The summed E-state index contributed by atoms with van der Waals surface area (Å²) in [6.45, 7) is 16.5. The summed E-state index contributed by atoms with van der Waals surface area (Å²) in [5, 5.41) is 3.71. The van der Waals surface area contributed by atoms with Crippen LogP contribution in [0, 0.1) is 0 Å². The van der Waals surface area contributed by atoms with E-state index < -0.39 is 0 Å². The van der Waals surface area contributed by atoms with Gasteiger partial charge in [-0.15, -0.1) is 0 Å². The first-order valence-corrected chi connectivity index (χ1v) is 8.07. The molecule has 1 aliphatic rings. The van der Waals surface area contributed by atoms with E-state index in [1.807, 2.05) is 0 Å². The molecule has 0 aromatic carbocycles. The van der Waals surface area contributed by atoms with Gasteiger partial charge < -0.3 is 10.1 Å². The number of nitrogens with one attached hydrogen (secondary N) is 1. The second kappa shape index (κ2) is 7.61. The van der Waals surface area contributed by atoms with Crippen LogP contribution in [0.15, 0.2) is 0 Å². The van der Waals surface area contributed by atoms with Crippen molar-refractivity contribution in [3.05, 3.63) is 0 Å². The molecule has 0 aromatic heterocycles. The predicted molar refractivity (Wildman–Crippen MR) is 82.7 cm³/mol. The van der Waals surface area contributed by atoms with Gasteiger partial charge in [-0.25, -0.2) is 0 Å². The van der Waals surface area contributed by atoms with Crippen LogP contribution in [0.5, 0.6) is 0 Å². The van der Waals surface area contributed by atoms with E-state index in [4.69, 9.17) is 4.74 Å². The Labute approximate surface area is 120 Å². The van der Waals surface area contributed by atoms with E-state index in [-0.39, 0.29) is 5.54 Å². The lowest BCUT2D eigenvalue weighted by Gasteiger charge is -2.52. The van der Waals surface area contributed by atoms with Crippen LogP contribution in [-0.4, -0.2) is 48.8 Å². The number of unbranched alkanes of at least 4 members (excludes halogenated alkanes) is 1. The van der Waals surface area contributed by atoms with Gasteiger partial charge >= 0.3 is 0 Å². The van der Waals surface area contributed by atoms with Crippen LogP contribution in [-0.2, 0) is 4.74 Å². The van der Waals surface area contributed by atoms with E-state index in [1.165, 1.54) is 25.7 Å². The largest absolute Gasteiger partial charge is 0.380 e. The molecule has 0 unspecified atom stereocenters. The SMILES string of the molecule is CCCCOCCN1CC(C)(C)NCC1(CC)CC. The van der Waals surface area contributed by atoms with Crippen molar-refractivity contribution in [3.8, 4) is 0 Å². The first-order chi connectivity index (χ1) is 8.99. The predicted octanol–water partition coefficient (Wildman–Crippen LogP) is 3.05. The molecule has 0 amide bonds. The van der Waals surface area contributed by atoms with Crippen LogP contribution in [0.3, 0.4) is 0 Å². The van der Waals surface area contributed by atoms with Gasteiger partial charge in [-0.1, -0.05) is 27.2 Å². The number of hydrogen-bond donors (Lipinski definition) is 1. The Bertz CT molecular complexity index is 249. The standard InChI is InChI=1S/C16H34N2O/c1-6-9-11-19-12-10-18-14-15(4,5)17-13-16(18,7-2)8-3/h17H,6-14H2,1-5H3. The Morgan fingerprint density at radius 1 is 1.11 bits per heavy atom. The Kier molecular flexibility index (Phi) is 6.78. The molecule has 0 saturated carbocycles. The van der Waals surface area contributed by atoms with E-state index in [0.717, 1.165) is 32.8 Å². The zero-order valence-electron chi connectivity index (χ0n) is 13.7. The van der Waals surface area contributed by atoms with Crippen LogP contribution in [0.4, 0.5) is 0 Å². The summed E-state index contributed by atoms with van der Waals surface area (Å²) < 4.78 is 5.77. The molecular formula is C16H34N2O. The van der Waals surface area contributed by atoms with Gasteiger partial charge in [0.1, 0.15) is 0 Å². The summed E-state index contributed by atoms with van der Waals surface area (Å²) in [5.74, 6) is 0. The number of nitrogens with zero attached hydrogens (tertiary/aromatic N) is 1. The fraction of sp³-hybridized carbons (Fsp3) is 1.00. The quantitative estimate of drug-likeness (QED) is 0.686. The van der Waals surface area contributed by atoms with Gasteiger partial charge in [0, 0.05) is 37.3 Å². The zero-order chi connectivity index (χ0) is 14.4. The third kappa shape index (κ3) is 4.73. The molecule has 0 aliphatic carbocycles. The Balaban J connectivity index is 2.52. The number of piperazine rings is 1. The summed E-state index contributed by atoms with van der Waals surface area (Å²) >= 11 is 0. The Morgan fingerprint density at radius 2 is 1.79 bits per heavy atom. The molecule has 19 heavy (non-hydrogen) atoms. The summed E-state index contributed by atoms with van der Waals surface area (Å²) in [7, 11) is 0. The third-order valence-electron chi connectivity index (χ3n) is 4.62. The normalized spacial score (nSPS) is 22.6. The molecule has 0 aromatic rings. The lowest BCUT2D eigenvalue weighted by atomic mass is 9.84. The van der Waals surface area contributed by atoms with E-state index >= 15 is 0 Å². The van der Waals surface area contributed by atoms with Crippen molar-refractivity contribution in [3.63, 3.8) is 0 Å². The fourth-order valence-electron chi connectivity index (χ4n) is 3.00. The Hall–Kier alpha value is -0.120. The molecule has 114 valence electrons. The topological polar surface area (TPSA) is 24.5 Å². The summed E-state index contributed by atoms with van der Waals surface area (Å²) in [5.41, 5.74) is 0.543. The first kappa shape index (κ1) is 16.9. The molecule has 3 heteroatoms. The van der Waals surface area contributed by atoms with Gasteiger partial charge in [0.05, 0.1) is 6.61 Å². The van der Waals surface area contributed by atoms with Crippen LogP contribution in [0.25, 0.3) is 0 Å². The second-order valence-electron chi connectivity index (χ2n) is 6.56. The summed E-state index contributed by atoms with van der Waals surface area (Å²) in [4.78, 5) is 2.66. The van der Waals surface area contributed by atoms with Gasteiger partial charge in [-0.05, 0) is 33.1 Å². The van der Waals surface area contributed by atoms with Crippen molar-refractivity contribution >= 4 is 0 Å². The summed E-state index contributed by atoms with van der Waals surface area (Å²) in [6, 6.07) is 0. The molecule has 1 saturated heterocycles. The number of hydrogen-bond acceptors (Lipinski definition) is 3. The maximum atomic E-state index is 5.77. The average molecular weight is 270 g/mol. The van der Waals surface area contributed by atoms with Crippen molar-refractivity contribution in [1.29, 1.82) is 0 Å². The van der Waals surface area contributed by atoms with Crippen LogP contribution in [0.2, 0.25) is 0 Å². The maximum Gasteiger partial charge on any atom is 0.0593 e. The zero-order valence-corrected chi connectivity index (χ0v) is 13.7. The minimum absolute atomic E-state index is 0.220. The smallest absolute Gasteiger partial charge is 0.0593 e. The van der Waals surface area contributed by atoms with Crippen molar-refractivity contribution in [1.82, 2.24) is 10.2 Å². The molecule has 1 fully saturated rings. The maximum absolute atomic E-state index is 5.77. The minimum atomic E-state index is 0.220. The van der Waals surface area contributed by atoms with Gasteiger partial charge in [0.15, 0.2) is 0 Å². The van der Waals surface area contributed by atoms with Crippen LogP contribution in [0.1, 0.15) is 60.3 Å². The highest BCUT2D eigenvalue weighted by Crippen LogP contribution is 2.29. The lowest BCUT2D eigenvalue weighted by Crippen LogP contribution is -2.68. The molecule has 0 atom stereocenters. The number of ether oxygens (including phenoxy) is 1. The van der Waals surface area contributed by atoms with E-state index in [9.17, 15) is 0 Å². The lowest BCUT2D eigenvalue weighted by molar-refractivity contribution is -0.0127. The van der Waals surface area contributed by atoms with E-state index in [0.29, 0.717) is 5.54 Å². The third-order valence-corrected chi connectivity index (χ3v) is 4.62. The van der Waals surface area contributed by atoms with E-state index in [1.54, 1.807) is 0 Å². The second-order valence-corrected chi connectivity index (χ2v) is 6.56. The average Bonchev–Trinajstić information content (AvgIpc) is 2.39. The van der Waals surface area contributed by atoms with Gasteiger partial charge in [-0.3, -0.25) is 4.90 Å². The molecular weight excluding hydrogens is 236 g/mol. The molecule has 1 heterocycles. The fourth-order valence-corrected chi connectivity index (χ4v) is 3.00. The van der Waals surface area contributed by atoms with Crippen molar-refractivity contribution in [2.75, 3.05) is 32.8 Å². The van der Waals surface area contributed by atoms with Crippen LogP contribution < -0.4 is 5.32 Å². The number of rotatable bonds is 8. The van der Waals surface area contributed by atoms with Crippen LogP contribution >= 0.6 is 0 Å². The highest BCUT2D eigenvalue weighted by atomic mass is 16.5. The summed E-state index contributed by atoms with van der Waals surface area (Å²) in [6.07, 6.45) is 4.82. The van der Waals surface area contributed by atoms with Crippen molar-refractivity contribution < 1.29 is 4.74 Å². The highest BCUT2D eigenvalue weighted by molar-refractivity contribution is 5.00. The molecule has 1 N–H and O–H groups in total. The van der Waals surface area contributed by atoms with Gasteiger partial charge in [0.25, 0.3) is 0 Å². The molecule has 1 aliphatic heterocycles.